The Balaban J connectivity index is 1.72. The molecule has 3 nitrogen and oxygen atoms in total. The molecule has 0 bridgehead atoms. The van der Waals surface area contributed by atoms with Crippen LogP contribution in [0.25, 0.3) is 0 Å². The van der Waals surface area contributed by atoms with Crippen LogP contribution in [-0.2, 0) is 4.79 Å². The van der Waals surface area contributed by atoms with Gasteiger partial charge in [0.25, 0.3) is 0 Å². The van der Waals surface area contributed by atoms with Crippen LogP contribution in [0.2, 0.25) is 0 Å². The maximum Gasteiger partial charge on any atom is 0.141 e. The summed E-state index contributed by atoms with van der Waals surface area (Å²) >= 11 is 3.55. The van der Waals surface area contributed by atoms with Crippen molar-refractivity contribution in [1.29, 1.82) is 0 Å². The summed E-state index contributed by atoms with van der Waals surface area (Å²) in [5.74, 6) is 0. The molecule has 3 rings (SSSR count). The molecule has 2 aliphatic heterocycles. The van der Waals surface area contributed by atoms with Crippen LogP contribution in [0.4, 0.5) is 0 Å². The van der Waals surface area contributed by atoms with Crippen molar-refractivity contribution in [3.63, 3.8) is 0 Å². The number of piperidine rings is 1. The summed E-state index contributed by atoms with van der Waals surface area (Å²) in [5, 5.41) is 0. The van der Waals surface area contributed by atoms with Gasteiger partial charge in [0.15, 0.2) is 0 Å². The molecular weight excluding hydrogens is 352 g/mol. The first-order chi connectivity index (χ1) is 11.1. The van der Waals surface area contributed by atoms with Gasteiger partial charge in [-0.25, -0.2) is 0 Å². The highest BCUT2D eigenvalue weighted by atomic mass is 79.9. The SMILES string of the molecule is Cc1cc(Br)cc(C)c1C(C=O)N1CCC(N2CCCC2)CC1. The van der Waals surface area contributed by atoms with Gasteiger partial charge in [-0.05, 0) is 81.4 Å². The molecule has 0 amide bonds. The summed E-state index contributed by atoms with van der Waals surface area (Å²) in [6, 6.07) is 4.88. The number of carbonyl (C=O) groups is 1. The molecule has 1 aromatic carbocycles. The fourth-order valence-corrected chi connectivity index (χ4v) is 5.05. The van der Waals surface area contributed by atoms with Crippen molar-refractivity contribution in [3.8, 4) is 0 Å². The van der Waals surface area contributed by atoms with Crippen molar-refractivity contribution >= 4 is 22.2 Å². The minimum absolute atomic E-state index is 0.0948. The van der Waals surface area contributed by atoms with Crippen molar-refractivity contribution < 1.29 is 4.79 Å². The number of carbonyl (C=O) groups excluding carboxylic acids is 1. The number of benzene rings is 1. The third kappa shape index (κ3) is 3.70. The first-order valence-electron chi connectivity index (χ1n) is 8.80. The zero-order chi connectivity index (χ0) is 16.4. The van der Waals surface area contributed by atoms with Gasteiger partial charge in [-0.2, -0.15) is 0 Å². The Bertz CT molecular complexity index is 537. The van der Waals surface area contributed by atoms with Gasteiger partial charge in [-0.1, -0.05) is 15.9 Å². The molecule has 0 N–H and O–H groups in total. The van der Waals surface area contributed by atoms with E-state index in [2.05, 4.69) is 51.7 Å². The average molecular weight is 379 g/mol. The lowest BCUT2D eigenvalue weighted by Crippen LogP contribution is -2.45. The standard InChI is InChI=1S/C19H27BrN2O/c1-14-11-16(20)12-15(2)19(14)18(13-23)22-9-5-17(6-10-22)21-7-3-4-8-21/h11-13,17-18H,3-10H2,1-2H3. The molecule has 0 aromatic heterocycles. The Morgan fingerprint density at radius 2 is 1.65 bits per heavy atom. The van der Waals surface area contributed by atoms with E-state index in [4.69, 9.17) is 0 Å². The van der Waals surface area contributed by atoms with Crippen LogP contribution in [0.15, 0.2) is 16.6 Å². The minimum atomic E-state index is -0.0948. The van der Waals surface area contributed by atoms with Crippen LogP contribution < -0.4 is 0 Å². The topological polar surface area (TPSA) is 23.6 Å². The molecule has 1 aromatic rings. The van der Waals surface area contributed by atoms with Gasteiger partial charge in [0.1, 0.15) is 6.29 Å². The lowest BCUT2D eigenvalue weighted by Gasteiger charge is -2.39. The Hall–Kier alpha value is -0.710. The molecule has 2 fully saturated rings. The van der Waals surface area contributed by atoms with Crippen LogP contribution in [0.1, 0.15) is 48.4 Å². The number of rotatable bonds is 4. The third-order valence-corrected chi connectivity index (χ3v) is 5.99. The maximum absolute atomic E-state index is 11.9. The van der Waals surface area contributed by atoms with Crippen molar-refractivity contribution in [3.05, 3.63) is 33.3 Å². The third-order valence-electron chi connectivity index (χ3n) is 5.53. The van der Waals surface area contributed by atoms with Gasteiger partial charge in [-0.3, -0.25) is 4.90 Å². The average Bonchev–Trinajstić information content (AvgIpc) is 3.05. The van der Waals surface area contributed by atoms with Gasteiger partial charge in [0.05, 0.1) is 6.04 Å². The highest BCUT2D eigenvalue weighted by Gasteiger charge is 2.31. The van der Waals surface area contributed by atoms with E-state index in [1.807, 2.05) is 0 Å². The van der Waals surface area contributed by atoms with E-state index in [1.54, 1.807) is 0 Å². The fourth-order valence-electron chi connectivity index (χ4n) is 4.36. The zero-order valence-electron chi connectivity index (χ0n) is 14.2. The first-order valence-corrected chi connectivity index (χ1v) is 9.59. The Morgan fingerprint density at radius 3 is 2.17 bits per heavy atom. The predicted molar refractivity (Wildman–Crippen MR) is 97.8 cm³/mol. The fraction of sp³-hybridized carbons (Fsp3) is 0.632. The number of nitrogens with zero attached hydrogens (tertiary/aromatic N) is 2. The maximum atomic E-state index is 11.9. The molecule has 4 heteroatoms. The molecule has 1 unspecified atom stereocenters. The number of aldehydes is 1. The first kappa shape index (κ1) is 17.1. The van der Waals surface area contributed by atoms with E-state index in [1.165, 1.54) is 55.5 Å². The van der Waals surface area contributed by atoms with Crippen molar-refractivity contribution in [2.75, 3.05) is 26.2 Å². The Labute approximate surface area is 148 Å². The second kappa shape index (κ2) is 7.45. The highest BCUT2D eigenvalue weighted by Crippen LogP contribution is 2.31. The predicted octanol–water partition coefficient (Wildman–Crippen LogP) is 3.87. The van der Waals surface area contributed by atoms with E-state index in [9.17, 15) is 4.79 Å². The lowest BCUT2D eigenvalue weighted by molar-refractivity contribution is -0.113. The van der Waals surface area contributed by atoms with E-state index in [-0.39, 0.29) is 6.04 Å². The summed E-state index contributed by atoms with van der Waals surface area (Å²) in [7, 11) is 0. The summed E-state index contributed by atoms with van der Waals surface area (Å²) < 4.78 is 1.09. The van der Waals surface area contributed by atoms with Gasteiger partial charge < -0.3 is 9.69 Å². The molecular formula is C19H27BrN2O. The van der Waals surface area contributed by atoms with E-state index >= 15 is 0 Å². The smallest absolute Gasteiger partial charge is 0.141 e. The number of likely N-dealkylation sites (tertiary alicyclic amines) is 2. The summed E-state index contributed by atoms with van der Waals surface area (Å²) in [5.41, 5.74) is 3.61. The van der Waals surface area contributed by atoms with E-state index in [0.29, 0.717) is 0 Å². The van der Waals surface area contributed by atoms with Crippen LogP contribution in [0.5, 0.6) is 0 Å². The molecule has 126 valence electrons. The van der Waals surface area contributed by atoms with Crippen LogP contribution >= 0.6 is 15.9 Å². The van der Waals surface area contributed by atoms with Crippen molar-refractivity contribution in [1.82, 2.24) is 9.80 Å². The molecule has 2 aliphatic rings. The molecule has 0 radical (unpaired) electrons. The normalized spacial score (nSPS) is 22.4. The number of aryl methyl sites for hydroxylation is 2. The van der Waals surface area contributed by atoms with Crippen LogP contribution in [0.3, 0.4) is 0 Å². The molecule has 0 aliphatic carbocycles. The number of hydrogen-bond acceptors (Lipinski definition) is 3. The summed E-state index contributed by atoms with van der Waals surface area (Å²) in [6.45, 7) is 8.82. The van der Waals surface area contributed by atoms with Gasteiger partial charge >= 0.3 is 0 Å². The minimum Gasteiger partial charge on any atom is -0.301 e. The van der Waals surface area contributed by atoms with Crippen molar-refractivity contribution in [2.24, 2.45) is 0 Å². The Kier molecular flexibility index (Phi) is 5.55. The molecule has 2 heterocycles. The van der Waals surface area contributed by atoms with Crippen LogP contribution in [-0.4, -0.2) is 48.3 Å². The van der Waals surface area contributed by atoms with Gasteiger partial charge in [0, 0.05) is 23.6 Å². The number of hydrogen-bond donors (Lipinski definition) is 0. The van der Waals surface area contributed by atoms with Crippen LogP contribution in [0, 0.1) is 13.8 Å². The Morgan fingerprint density at radius 1 is 1.09 bits per heavy atom. The molecule has 0 spiro atoms. The lowest BCUT2D eigenvalue weighted by atomic mass is 9.93. The molecule has 0 saturated carbocycles. The van der Waals surface area contributed by atoms with E-state index in [0.717, 1.165) is 29.9 Å². The summed E-state index contributed by atoms with van der Waals surface area (Å²) in [4.78, 5) is 16.9. The largest absolute Gasteiger partial charge is 0.301 e. The molecule has 1 atom stereocenters. The molecule has 23 heavy (non-hydrogen) atoms. The van der Waals surface area contributed by atoms with Gasteiger partial charge in [-0.15, -0.1) is 0 Å². The molecule has 2 saturated heterocycles. The highest BCUT2D eigenvalue weighted by molar-refractivity contribution is 9.10. The van der Waals surface area contributed by atoms with E-state index < -0.39 is 0 Å². The second-order valence-corrected chi connectivity index (χ2v) is 7.96. The second-order valence-electron chi connectivity index (χ2n) is 7.04. The summed E-state index contributed by atoms with van der Waals surface area (Å²) in [6.07, 6.45) is 6.24. The number of halogens is 1. The van der Waals surface area contributed by atoms with Gasteiger partial charge in [0.2, 0.25) is 0 Å². The zero-order valence-corrected chi connectivity index (χ0v) is 15.8. The monoisotopic (exact) mass is 378 g/mol. The quantitative estimate of drug-likeness (QED) is 0.743. The van der Waals surface area contributed by atoms with Crippen molar-refractivity contribution in [2.45, 2.75) is 51.6 Å².